The molecule has 5 heteroatoms. The van der Waals surface area contributed by atoms with Crippen LogP contribution in [0.1, 0.15) is 22.3 Å². The van der Waals surface area contributed by atoms with E-state index in [9.17, 15) is 4.79 Å². The van der Waals surface area contributed by atoms with Crippen molar-refractivity contribution >= 4 is 5.97 Å². The molecular weight excluding hydrogens is 186 g/mol. The van der Waals surface area contributed by atoms with Crippen molar-refractivity contribution in [3.8, 4) is 0 Å². The zero-order valence-corrected chi connectivity index (χ0v) is 7.93. The van der Waals surface area contributed by atoms with Gasteiger partial charge >= 0.3 is 5.97 Å². The average Bonchev–Trinajstić information content (AvgIpc) is 2.20. The molecule has 76 valence electrons. The van der Waals surface area contributed by atoms with Crippen LogP contribution in [0.5, 0.6) is 0 Å². The standard InChI is InChI=1S/C9H11NO4/c1-13-9(14-2)6-4-3-5-10-7(6)8(11)12/h3-5,9H,1-2H3,(H,11,12). The monoisotopic (exact) mass is 197 g/mol. The number of carboxylic acids is 1. The average molecular weight is 197 g/mol. The molecule has 1 N–H and O–H groups in total. The highest BCUT2D eigenvalue weighted by Crippen LogP contribution is 2.19. The van der Waals surface area contributed by atoms with Gasteiger partial charge in [0.15, 0.2) is 12.0 Å². The van der Waals surface area contributed by atoms with E-state index in [2.05, 4.69) is 4.98 Å². The van der Waals surface area contributed by atoms with Crippen LogP contribution in [0.2, 0.25) is 0 Å². The molecule has 0 aliphatic rings. The number of methoxy groups -OCH3 is 2. The quantitative estimate of drug-likeness (QED) is 0.731. The first-order valence-corrected chi connectivity index (χ1v) is 3.94. The van der Waals surface area contributed by atoms with Gasteiger partial charge in [-0.3, -0.25) is 0 Å². The van der Waals surface area contributed by atoms with E-state index in [1.807, 2.05) is 0 Å². The first-order chi connectivity index (χ1) is 6.70. The van der Waals surface area contributed by atoms with Gasteiger partial charge in [-0.25, -0.2) is 9.78 Å². The lowest BCUT2D eigenvalue weighted by Gasteiger charge is -2.14. The summed E-state index contributed by atoms with van der Waals surface area (Å²) in [4.78, 5) is 14.5. The normalized spacial score (nSPS) is 10.5. The number of ether oxygens (including phenoxy) is 2. The molecule has 0 saturated carbocycles. The van der Waals surface area contributed by atoms with Crippen molar-refractivity contribution < 1.29 is 19.4 Å². The van der Waals surface area contributed by atoms with Gasteiger partial charge < -0.3 is 14.6 Å². The highest BCUT2D eigenvalue weighted by Gasteiger charge is 2.18. The lowest BCUT2D eigenvalue weighted by Crippen LogP contribution is -2.12. The Labute approximate surface area is 81.3 Å². The second-order valence-corrected chi connectivity index (χ2v) is 2.55. The molecular formula is C9H11NO4. The SMILES string of the molecule is COC(OC)c1cccnc1C(=O)O. The summed E-state index contributed by atoms with van der Waals surface area (Å²) in [6.07, 6.45) is 0.713. The Morgan fingerprint density at radius 1 is 1.50 bits per heavy atom. The zero-order valence-electron chi connectivity index (χ0n) is 7.93. The molecule has 0 aromatic carbocycles. The van der Waals surface area contributed by atoms with Crippen LogP contribution in [0.15, 0.2) is 18.3 Å². The lowest BCUT2D eigenvalue weighted by molar-refractivity contribution is -0.106. The van der Waals surface area contributed by atoms with Crippen molar-refractivity contribution in [1.29, 1.82) is 0 Å². The van der Waals surface area contributed by atoms with Crippen molar-refractivity contribution in [2.75, 3.05) is 14.2 Å². The molecule has 1 aromatic heterocycles. The number of hydrogen-bond donors (Lipinski definition) is 1. The highest BCUT2D eigenvalue weighted by molar-refractivity contribution is 5.87. The summed E-state index contributed by atoms with van der Waals surface area (Å²) in [5.41, 5.74) is 0.353. The molecule has 14 heavy (non-hydrogen) atoms. The van der Waals surface area contributed by atoms with Crippen molar-refractivity contribution in [1.82, 2.24) is 4.98 Å². The van der Waals surface area contributed by atoms with Crippen LogP contribution in [0.3, 0.4) is 0 Å². The first kappa shape index (κ1) is 10.6. The molecule has 0 spiro atoms. The molecule has 0 fully saturated rings. The molecule has 0 amide bonds. The fourth-order valence-electron chi connectivity index (χ4n) is 1.14. The number of aromatic nitrogens is 1. The van der Waals surface area contributed by atoms with E-state index in [1.165, 1.54) is 20.4 Å². The maximum absolute atomic E-state index is 10.8. The number of rotatable bonds is 4. The Bertz CT molecular complexity index is 322. The van der Waals surface area contributed by atoms with Gasteiger partial charge in [0.25, 0.3) is 0 Å². The zero-order chi connectivity index (χ0) is 10.6. The fourth-order valence-corrected chi connectivity index (χ4v) is 1.14. The van der Waals surface area contributed by atoms with Gasteiger partial charge in [-0.15, -0.1) is 0 Å². The maximum atomic E-state index is 10.8. The predicted molar refractivity (Wildman–Crippen MR) is 48.0 cm³/mol. The largest absolute Gasteiger partial charge is 0.476 e. The second-order valence-electron chi connectivity index (χ2n) is 2.55. The second kappa shape index (κ2) is 4.69. The Kier molecular flexibility index (Phi) is 3.55. The van der Waals surface area contributed by atoms with Gasteiger partial charge in [0.05, 0.1) is 0 Å². The molecule has 0 aliphatic carbocycles. The van der Waals surface area contributed by atoms with E-state index in [1.54, 1.807) is 12.1 Å². The highest BCUT2D eigenvalue weighted by atomic mass is 16.7. The lowest BCUT2D eigenvalue weighted by atomic mass is 10.2. The molecule has 1 rings (SSSR count). The van der Waals surface area contributed by atoms with Gasteiger partial charge in [-0.1, -0.05) is 0 Å². The number of carbonyl (C=O) groups is 1. The summed E-state index contributed by atoms with van der Waals surface area (Å²) in [6.45, 7) is 0. The predicted octanol–water partition coefficient (Wildman–Crippen LogP) is 1.07. The van der Waals surface area contributed by atoms with Crippen LogP contribution < -0.4 is 0 Å². The molecule has 1 aromatic rings. The summed E-state index contributed by atoms with van der Waals surface area (Å²) in [5, 5.41) is 8.83. The minimum Gasteiger partial charge on any atom is -0.476 e. The number of carboxylic acid groups (broad SMARTS) is 1. The third kappa shape index (κ3) is 2.07. The number of hydrogen-bond acceptors (Lipinski definition) is 4. The van der Waals surface area contributed by atoms with Gasteiger partial charge in [0, 0.05) is 26.0 Å². The maximum Gasteiger partial charge on any atom is 0.354 e. The van der Waals surface area contributed by atoms with E-state index in [-0.39, 0.29) is 5.69 Å². The van der Waals surface area contributed by atoms with E-state index in [0.717, 1.165) is 0 Å². The van der Waals surface area contributed by atoms with E-state index < -0.39 is 12.3 Å². The minimum absolute atomic E-state index is 0.0544. The molecule has 1 heterocycles. The third-order valence-corrected chi connectivity index (χ3v) is 1.72. The molecule has 0 aliphatic heterocycles. The summed E-state index contributed by atoms with van der Waals surface area (Å²) >= 11 is 0. The van der Waals surface area contributed by atoms with Crippen LogP contribution in [0.25, 0.3) is 0 Å². The van der Waals surface area contributed by atoms with Crippen LogP contribution in [-0.4, -0.2) is 30.3 Å². The number of aromatic carboxylic acids is 1. The van der Waals surface area contributed by atoms with Crippen LogP contribution in [-0.2, 0) is 9.47 Å². The van der Waals surface area contributed by atoms with Crippen molar-refractivity contribution in [3.05, 3.63) is 29.6 Å². The number of nitrogens with zero attached hydrogens (tertiary/aromatic N) is 1. The molecule has 0 unspecified atom stereocenters. The summed E-state index contributed by atoms with van der Waals surface area (Å²) in [6, 6.07) is 3.24. The topological polar surface area (TPSA) is 68.7 Å². The Balaban J connectivity index is 3.11. The molecule has 5 nitrogen and oxygen atoms in total. The van der Waals surface area contributed by atoms with E-state index in [4.69, 9.17) is 14.6 Å². The third-order valence-electron chi connectivity index (χ3n) is 1.72. The van der Waals surface area contributed by atoms with Crippen molar-refractivity contribution in [3.63, 3.8) is 0 Å². The summed E-state index contributed by atoms with van der Waals surface area (Å²) in [5.74, 6) is -1.10. The van der Waals surface area contributed by atoms with Crippen LogP contribution in [0.4, 0.5) is 0 Å². The van der Waals surface area contributed by atoms with Gasteiger partial charge in [0.2, 0.25) is 0 Å². The Morgan fingerprint density at radius 3 is 2.64 bits per heavy atom. The van der Waals surface area contributed by atoms with Crippen LogP contribution >= 0.6 is 0 Å². The molecule has 0 bridgehead atoms. The Morgan fingerprint density at radius 2 is 2.14 bits per heavy atom. The molecule has 0 atom stereocenters. The van der Waals surface area contributed by atoms with E-state index >= 15 is 0 Å². The summed E-state index contributed by atoms with van der Waals surface area (Å²) in [7, 11) is 2.87. The van der Waals surface area contributed by atoms with Gasteiger partial charge in [-0.2, -0.15) is 0 Å². The first-order valence-electron chi connectivity index (χ1n) is 3.94. The Hall–Kier alpha value is -1.46. The van der Waals surface area contributed by atoms with Crippen molar-refractivity contribution in [2.45, 2.75) is 6.29 Å². The minimum atomic E-state index is -1.10. The number of pyridine rings is 1. The van der Waals surface area contributed by atoms with Gasteiger partial charge in [0.1, 0.15) is 0 Å². The fraction of sp³-hybridized carbons (Fsp3) is 0.333. The molecule has 0 saturated heterocycles. The van der Waals surface area contributed by atoms with Crippen LogP contribution in [0, 0.1) is 0 Å². The summed E-state index contributed by atoms with van der Waals surface area (Å²) < 4.78 is 9.90. The smallest absolute Gasteiger partial charge is 0.354 e. The molecule has 0 radical (unpaired) electrons. The van der Waals surface area contributed by atoms with Gasteiger partial charge in [-0.05, 0) is 12.1 Å². The van der Waals surface area contributed by atoms with Crippen molar-refractivity contribution in [2.24, 2.45) is 0 Å². The van der Waals surface area contributed by atoms with E-state index in [0.29, 0.717) is 5.56 Å².